The van der Waals surface area contributed by atoms with Crippen molar-refractivity contribution in [2.75, 3.05) is 0 Å². The summed E-state index contributed by atoms with van der Waals surface area (Å²) in [4.78, 5) is 0. The number of benzene rings is 3. The van der Waals surface area contributed by atoms with Crippen LogP contribution in [0.2, 0.25) is 0 Å². The van der Waals surface area contributed by atoms with Gasteiger partial charge in [0.05, 0.1) is 17.0 Å². The summed E-state index contributed by atoms with van der Waals surface area (Å²) in [7, 11) is 5.52. The summed E-state index contributed by atoms with van der Waals surface area (Å²) in [6.07, 6.45) is 29.0. The second-order valence-electron chi connectivity index (χ2n) is 16.7. The molecule has 0 heterocycles. The average molecular weight is 814 g/mol. The van der Waals surface area contributed by atoms with Gasteiger partial charge in [0.1, 0.15) is 0 Å². The molecular formula is C48H69ClPRu. The molecule has 3 aromatic rings. The van der Waals surface area contributed by atoms with Gasteiger partial charge in [-0.15, -0.1) is 11.8 Å². The average Bonchev–Trinajstić information content (AvgIpc) is 3.59. The Morgan fingerprint density at radius 2 is 0.882 bits per heavy atom. The van der Waals surface area contributed by atoms with Gasteiger partial charge in [-0.25, -0.2) is 0 Å². The van der Waals surface area contributed by atoms with Crippen molar-refractivity contribution in [1.82, 2.24) is 0 Å². The van der Waals surface area contributed by atoms with Crippen molar-refractivity contribution in [3.63, 3.8) is 0 Å². The Bertz CT molecular complexity index is 1360. The van der Waals surface area contributed by atoms with E-state index < -0.39 is 0 Å². The number of hydrogen-bond acceptors (Lipinski definition) is 0. The predicted octanol–water partition coefficient (Wildman–Crippen LogP) is 14.7. The number of aryl methyl sites for hydroxylation is 6. The molecule has 2 unspecified atom stereocenters. The fraction of sp³-hybridized carbons (Fsp3) is 0.583. The molecule has 0 aromatic heterocycles. The Kier molecular flexibility index (Phi) is 17.0. The van der Waals surface area contributed by atoms with Gasteiger partial charge in [0.2, 0.25) is 0 Å². The Morgan fingerprint density at radius 3 is 1.22 bits per heavy atom. The van der Waals surface area contributed by atoms with Crippen LogP contribution in [0.5, 0.6) is 0 Å². The summed E-state index contributed by atoms with van der Waals surface area (Å²) in [5.74, 6) is 1.22. The Morgan fingerprint density at radius 1 is 0.529 bits per heavy atom. The van der Waals surface area contributed by atoms with Crippen LogP contribution >= 0.6 is 17.6 Å². The molecule has 0 spiro atoms. The third-order valence-corrected chi connectivity index (χ3v) is 18.4. The second kappa shape index (κ2) is 21.1. The molecule has 4 saturated carbocycles. The fourth-order valence-corrected chi connectivity index (χ4v) is 17.0. The zero-order valence-corrected chi connectivity index (χ0v) is 36.5. The van der Waals surface area contributed by atoms with E-state index in [2.05, 4.69) is 89.0 Å². The molecule has 7 rings (SSSR count). The molecule has 51 heavy (non-hydrogen) atoms. The molecule has 0 saturated heterocycles. The van der Waals surface area contributed by atoms with E-state index in [4.69, 9.17) is 9.69 Å². The predicted molar refractivity (Wildman–Crippen MR) is 227 cm³/mol. The summed E-state index contributed by atoms with van der Waals surface area (Å²) in [5.41, 5.74) is 16.6. The van der Waals surface area contributed by atoms with Gasteiger partial charge in [0, 0.05) is 7.92 Å². The summed E-state index contributed by atoms with van der Waals surface area (Å²) < 4.78 is 2.06. The van der Waals surface area contributed by atoms with Crippen molar-refractivity contribution in [2.24, 2.45) is 0 Å². The van der Waals surface area contributed by atoms with Crippen molar-refractivity contribution in [3.8, 4) is 0 Å². The SMILES string of the molecule is C1CCC([PH+](C2CCCCC2)C2CCCCC2)CC1.Cc1cc(C)c(C2[CH-]C(c3c(C)cc(C)cc3C)CC2)c(C)c1.[Cl][Ru]=[CH]c1ccccc1. The molecule has 4 aliphatic carbocycles. The summed E-state index contributed by atoms with van der Waals surface area (Å²) >= 11 is -0.0765. The maximum absolute atomic E-state index is 5.57. The van der Waals surface area contributed by atoms with Crippen molar-refractivity contribution in [1.29, 1.82) is 0 Å². The summed E-state index contributed by atoms with van der Waals surface area (Å²) in [6.45, 7) is 13.5. The van der Waals surface area contributed by atoms with Crippen molar-refractivity contribution in [2.45, 2.75) is 180 Å². The molecule has 4 aliphatic rings. The second-order valence-corrected chi connectivity index (χ2v) is 21.9. The summed E-state index contributed by atoms with van der Waals surface area (Å²) in [6, 6.07) is 19.5. The molecule has 3 aromatic carbocycles. The number of rotatable bonds is 6. The van der Waals surface area contributed by atoms with Gasteiger partial charge in [-0.2, -0.15) is 0 Å². The van der Waals surface area contributed by atoms with E-state index in [1.807, 2.05) is 18.2 Å². The van der Waals surface area contributed by atoms with Gasteiger partial charge in [0.15, 0.2) is 0 Å². The van der Waals surface area contributed by atoms with Crippen molar-refractivity contribution < 1.29 is 15.7 Å². The topological polar surface area (TPSA) is 0 Å². The van der Waals surface area contributed by atoms with E-state index in [0.717, 1.165) is 0 Å². The molecule has 4 fully saturated rings. The zero-order valence-electron chi connectivity index (χ0n) is 33.0. The van der Waals surface area contributed by atoms with Crippen LogP contribution in [0.4, 0.5) is 0 Å². The monoisotopic (exact) mass is 813 g/mol. The molecule has 281 valence electrons. The van der Waals surface area contributed by atoms with Crippen LogP contribution in [-0.2, 0) is 15.7 Å². The molecule has 0 bridgehead atoms. The van der Waals surface area contributed by atoms with Gasteiger partial charge in [-0.3, -0.25) is 0 Å². The first-order valence-electron chi connectivity index (χ1n) is 20.7. The standard InChI is InChI=1S/C23H29.C18H33P.C7H6.ClH.Ru/c1-14-9-16(3)22(17(4)10-14)20-7-8-21(13-20)23-18(5)11-15(2)12-19(23)6;1-4-10-16(11-5-1)19(17-12-6-2-7-13-17)18-14-8-3-9-15-18;1-7-5-3-2-4-6-7;;/h9-13,20-21H,7-8H2,1-6H3;16-18H,1-15H2;1-6H;1H;/q-1;;;;+1. The Hall–Kier alpha value is -1.13. The van der Waals surface area contributed by atoms with Gasteiger partial charge >= 0.3 is 65.9 Å². The number of halogens is 1. The van der Waals surface area contributed by atoms with Crippen molar-refractivity contribution in [3.05, 3.63) is 111 Å². The first kappa shape index (κ1) is 41.0. The first-order chi connectivity index (χ1) is 24.7. The van der Waals surface area contributed by atoms with Crippen LogP contribution < -0.4 is 0 Å². The van der Waals surface area contributed by atoms with Crippen LogP contribution in [0.25, 0.3) is 0 Å². The zero-order chi connectivity index (χ0) is 36.2. The van der Waals surface area contributed by atoms with Crippen LogP contribution in [0.3, 0.4) is 0 Å². The van der Waals surface area contributed by atoms with Crippen LogP contribution in [0, 0.1) is 48.0 Å². The van der Waals surface area contributed by atoms with Gasteiger partial charge in [-0.1, -0.05) is 78.6 Å². The van der Waals surface area contributed by atoms with E-state index in [9.17, 15) is 0 Å². The van der Waals surface area contributed by atoms with Crippen LogP contribution in [-0.4, -0.2) is 21.6 Å². The molecule has 0 aliphatic heterocycles. The van der Waals surface area contributed by atoms with Gasteiger partial charge in [0.25, 0.3) is 0 Å². The number of hydrogen-bond donors (Lipinski definition) is 0. The fourth-order valence-electron chi connectivity index (χ4n) is 10.7. The quantitative estimate of drug-likeness (QED) is 0.132. The Balaban J connectivity index is 0.000000162. The van der Waals surface area contributed by atoms with Crippen LogP contribution in [0.1, 0.15) is 171 Å². The van der Waals surface area contributed by atoms with Gasteiger partial charge in [-0.05, 0) is 141 Å². The molecular weight excluding hydrogens is 744 g/mol. The molecule has 3 heteroatoms. The van der Waals surface area contributed by atoms with Crippen LogP contribution in [0.15, 0.2) is 54.6 Å². The first-order valence-corrected chi connectivity index (χ1v) is 25.7. The van der Waals surface area contributed by atoms with Crippen molar-refractivity contribution >= 4 is 22.2 Å². The maximum atomic E-state index is 5.57. The van der Waals surface area contributed by atoms with E-state index in [-0.39, 0.29) is 23.6 Å². The summed E-state index contributed by atoms with van der Waals surface area (Å²) in [5, 5.41) is 0. The molecule has 0 N–H and O–H groups in total. The third kappa shape index (κ3) is 11.9. The van der Waals surface area contributed by atoms with E-state index in [1.54, 1.807) is 107 Å². The van der Waals surface area contributed by atoms with E-state index in [1.165, 1.54) is 68.8 Å². The molecule has 0 amide bonds. The third-order valence-electron chi connectivity index (χ3n) is 12.7. The van der Waals surface area contributed by atoms with Gasteiger partial charge < -0.3 is 6.42 Å². The normalized spacial score (nSPS) is 22.2. The minimum absolute atomic E-state index is 0.0465. The van der Waals surface area contributed by atoms with E-state index >= 15 is 0 Å². The molecule has 0 nitrogen and oxygen atoms in total. The minimum atomic E-state index is -0.0765. The molecule has 2 atom stereocenters. The Labute approximate surface area is 326 Å². The van der Waals surface area contributed by atoms with E-state index in [0.29, 0.717) is 11.8 Å². The molecule has 0 radical (unpaired) electrons.